The van der Waals surface area contributed by atoms with Gasteiger partial charge < -0.3 is 10.2 Å². The van der Waals surface area contributed by atoms with Gasteiger partial charge in [-0.25, -0.2) is 9.67 Å². The minimum Gasteiger partial charge on any atom is -0.356 e. The van der Waals surface area contributed by atoms with Crippen molar-refractivity contribution < 1.29 is 9.59 Å². The number of nitrogens with one attached hydrogen (secondary N) is 1. The van der Waals surface area contributed by atoms with Crippen molar-refractivity contribution in [3.8, 4) is 5.69 Å². The van der Waals surface area contributed by atoms with Crippen molar-refractivity contribution in [3.05, 3.63) is 41.5 Å². The molecule has 1 unspecified atom stereocenters. The Bertz CT molecular complexity index is 931. The summed E-state index contributed by atoms with van der Waals surface area (Å²) >= 11 is 0. The Morgan fingerprint density at radius 1 is 1.20 bits per heavy atom. The number of hydrogen-bond acceptors (Lipinski definition) is 4. The maximum atomic E-state index is 13.1. The van der Waals surface area contributed by atoms with Crippen molar-refractivity contribution in [1.29, 1.82) is 0 Å². The minimum atomic E-state index is -0.196. The van der Waals surface area contributed by atoms with Crippen LogP contribution in [0.15, 0.2) is 24.3 Å². The second-order valence-corrected chi connectivity index (χ2v) is 8.89. The van der Waals surface area contributed by atoms with Crippen molar-refractivity contribution in [1.82, 2.24) is 25.0 Å². The minimum absolute atomic E-state index is 0.0694. The fourth-order valence-electron chi connectivity index (χ4n) is 4.11. The average molecular weight is 410 g/mol. The van der Waals surface area contributed by atoms with Crippen molar-refractivity contribution in [3.63, 3.8) is 0 Å². The number of aryl methyl sites for hydroxylation is 1. The van der Waals surface area contributed by atoms with Crippen LogP contribution < -0.4 is 5.32 Å². The molecule has 1 aromatic carbocycles. The van der Waals surface area contributed by atoms with Crippen LogP contribution >= 0.6 is 0 Å². The third-order valence-corrected chi connectivity index (χ3v) is 6.09. The highest BCUT2D eigenvalue weighted by atomic mass is 16.2. The molecule has 2 aliphatic rings. The summed E-state index contributed by atoms with van der Waals surface area (Å²) in [5.41, 5.74) is 2.11. The van der Waals surface area contributed by atoms with E-state index >= 15 is 0 Å². The molecule has 2 fully saturated rings. The summed E-state index contributed by atoms with van der Waals surface area (Å²) in [5.74, 6) is 1.60. The number of carbonyl (C=O) groups excluding carboxylic acids is 2. The Labute approximate surface area is 177 Å². The molecule has 30 heavy (non-hydrogen) atoms. The first-order valence-electron chi connectivity index (χ1n) is 11.0. The highest BCUT2D eigenvalue weighted by molar-refractivity contribution is 5.91. The quantitative estimate of drug-likeness (QED) is 0.795. The molecule has 0 radical (unpaired) electrons. The van der Waals surface area contributed by atoms with E-state index in [1.807, 2.05) is 25.1 Å². The van der Waals surface area contributed by atoms with E-state index in [0.29, 0.717) is 30.7 Å². The van der Waals surface area contributed by atoms with Crippen LogP contribution in [0, 0.1) is 18.8 Å². The fraction of sp³-hybridized carbons (Fsp3) is 0.565. The van der Waals surface area contributed by atoms with Gasteiger partial charge in [-0.15, -0.1) is 5.10 Å². The van der Waals surface area contributed by atoms with Gasteiger partial charge in [-0.05, 0) is 56.1 Å². The summed E-state index contributed by atoms with van der Waals surface area (Å²) in [6, 6.07) is 8.07. The van der Waals surface area contributed by atoms with Gasteiger partial charge in [0.15, 0.2) is 0 Å². The molecule has 2 amide bonds. The van der Waals surface area contributed by atoms with Crippen LogP contribution in [0.3, 0.4) is 0 Å². The largest absolute Gasteiger partial charge is 0.356 e. The lowest BCUT2D eigenvalue weighted by Crippen LogP contribution is -2.46. The van der Waals surface area contributed by atoms with Crippen LogP contribution in [-0.4, -0.2) is 51.1 Å². The zero-order valence-corrected chi connectivity index (χ0v) is 18.1. The van der Waals surface area contributed by atoms with E-state index in [-0.39, 0.29) is 23.6 Å². The molecular weight excluding hydrogens is 378 g/mol. The van der Waals surface area contributed by atoms with Crippen LogP contribution in [0.4, 0.5) is 0 Å². The first-order chi connectivity index (χ1) is 14.4. The van der Waals surface area contributed by atoms with E-state index < -0.39 is 0 Å². The van der Waals surface area contributed by atoms with E-state index in [2.05, 4.69) is 35.3 Å². The zero-order valence-electron chi connectivity index (χ0n) is 18.1. The molecular formula is C23H31N5O2. The molecule has 1 aliphatic heterocycles. The Hall–Kier alpha value is -2.70. The molecule has 0 bridgehead atoms. The van der Waals surface area contributed by atoms with Crippen molar-refractivity contribution in [2.75, 3.05) is 19.6 Å². The van der Waals surface area contributed by atoms with Gasteiger partial charge >= 0.3 is 0 Å². The number of hydrogen-bond donors (Lipinski definition) is 1. The number of likely N-dealkylation sites (tertiary alicyclic amines) is 1. The highest BCUT2D eigenvalue weighted by Crippen LogP contribution is 2.28. The number of benzene rings is 1. The van der Waals surface area contributed by atoms with Gasteiger partial charge in [0.1, 0.15) is 5.82 Å². The predicted molar refractivity (Wildman–Crippen MR) is 115 cm³/mol. The van der Waals surface area contributed by atoms with Crippen LogP contribution in [0.25, 0.3) is 5.69 Å². The summed E-state index contributed by atoms with van der Waals surface area (Å²) in [5, 5.41) is 7.60. The molecule has 2 aromatic rings. The fourth-order valence-corrected chi connectivity index (χ4v) is 4.11. The van der Waals surface area contributed by atoms with Crippen LogP contribution in [0.2, 0.25) is 0 Å². The van der Waals surface area contributed by atoms with Crippen LogP contribution in [0.1, 0.15) is 67.5 Å². The summed E-state index contributed by atoms with van der Waals surface area (Å²) < 4.78 is 1.76. The molecule has 1 aromatic heterocycles. The second-order valence-electron chi connectivity index (χ2n) is 8.89. The average Bonchev–Trinajstić information content (AvgIpc) is 3.51. The van der Waals surface area contributed by atoms with E-state index in [9.17, 15) is 9.59 Å². The first-order valence-corrected chi connectivity index (χ1v) is 11.0. The smallest absolute Gasteiger partial charge is 0.293 e. The lowest BCUT2D eigenvalue weighted by atomic mass is 9.97. The summed E-state index contributed by atoms with van der Waals surface area (Å²) in [7, 11) is 0. The van der Waals surface area contributed by atoms with E-state index in [1.54, 1.807) is 9.58 Å². The topological polar surface area (TPSA) is 80.1 Å². The van der Waals surface area contributed by atoms with Crippen molar-refractivity contribution in [2.45, 2.75) is 52.4 Å². The third-order valence-electron chi connectivity index (χ3n) is 6.09. The maximum Gasteiger partial charge on any atom is 0.293 e. The SMILES string of the molecule is Cc1nc(C(=O)N2CCCC(C(=O)NCC3CC3)C2)nn1-c1ccccc1C(C)C. The van der Waals surface area contributed by atoms with E-state index in [4.69, 9.17) is 0 Å². The first kappa shape index (κ1) is 20.6. The third kappa shape index (κ3) is 4.40. The monoisotopic (exact) mass is 409 g/mol. The number of aromatic nitrogens is 3. The standard InChI is InChI=1S/C23H31N5O2/c1-15(2)19-8-4-5-9-20(19)28-16(3)25-21(26-28)23(30)27-12-6-7-18(14-27)22(29)24-13-17-10-11-17/h4-5,8-9,15,17-18H,6-7,10-14H2,1-3H3,(H,24,29). The number of amides is 2. The van der Waals surface area contributed by atoms with Gasteiger partial charge in [0.2, 0.25) is 11.7 Å². The molecule has 1 saturated heterocycles. The van der Waals surface area contributed by atoms with Crippen molar-refractivity contribution >= 4 is 11.8 Å². The highest BCUT2D eigenvalue weighted by Gasteiger charge is 2.32. The van der Waals surface area contributed by atoms with Crippen molar-refractivity contribution in [2.24, 2.45) is 11.8 Å². The number of nitrogens with zero attached hydrogens (tertiary/aromatic N) is 4. The normalized spacial score (nSPS) is 19.2. The van der Waals surface area contributed by atoms with E-state index in [0.717, 1.165) is 30.6 Å². The number of para-hydroxylation sites is 1. The molecule has 2 heterocycles. The zero-order chi connectivity index (χ0) is 21.3. The molecule has 4 rings (SSSR count). The molecule has 1 saturated carbocycles. The Balaban J connectivity index is 1.48. The van der Waals surface area contributed by atoms with Gasteiger partial charge in [0.25, 0.3) is 5.91 Å². The van der Waals surface area contributed by atoms with Crippen LogP contribution in [0.5, 0.6) is 0 Å². The summed E-state index contributed by atoms with van der Waals surface area (Å²) in [6.45, 7) is 7.99. The maximum absolute atomic E-state index is 13.1. The van der Waals surface area contributed by atoms with Crippen LogP contribution in [-0.2, 0) is 4.79 Å². The summed E-state index contributed by atoms with van der Waals surface area (Å²) in [4.78, 5) is 31.8. The lowest BCUT2D eigenvalue weighted by molar-refractivity contribution is -0.126. The van der Waals surface area contributed by atoms with Gasteiger partial charge in [0, 0.05) is 19.6 Å². The lowest BCUT2D eigenvalue weighted by Gasteiger charge is -2.31. The van der Waals surface area contributed by atoms with Gasteiger partial charge in [-0.1, -0.05) is 32.0 Å². The molecule has 1 atom stereocenters. The molecule has 7 nitrogen and oxygen atoms in total. The molecule has 160 valence electrons. The summed E-state index contributed by atoms with van der Waals surface area (Å²) in [6.07, 6.45) is 4.07. The van der Waals surface area contributed by atoms with Gasteiger partial charge in [0.05, 0.1) is 11.6 Å². The number of carbonyl (C=O) groups is 2. The molecule has 0 spiro atoms. The Morgan fingerprint density at radius 2 is 1.97 bits per heavy atom. The number of rotatable bonds is 6. The molecule has 7 heteroatoms. The Kier molecular flexibility index (Phi) is 5.88. The molecule has 1 N–H and O–H groups in total. The van der Waals surface area contributed by atoms with Gasteiger partial charge in [-0.2, -0.15) is 0 Å². The van der Waals surface area contributed by atoms with E-state index in [1.165, 1.54) is 12.8 Å². The Morgan fingerprint density at radius 3 is 2.70 bits per heavy atom. The second kappa shape index (κ2) is 8.58. The van der Waals surface area contributed by atoms with Gasteiger partial charge in [-0.3, -0.25) is 9.59 Å². The molecule has 1 aliphatic carbocycles. The predicted octanol–water partition coefficient (Wildman–Crippen LogP) is 3.08. The number of piperidine rings is 1.